The fraction of sp³-hybridized carbons (Fsp3) is 0.278. The number of para-hydroxylation sites is 1. The number of carbonyl (C=O) groups excluding carboxylic acids is 1. The van der Waals surface area contributed by atoms with Crippen molar-refractivity contribution < 1.29 is 17.6 Å². The number of hydrogen-bond acceptors (Lipinski definition) is 3. The second-order valence-corrected chi connectivity index (χ2v) is 8.22. The Bertz CT molecular complexity index is 893. The minimum Gasteiger partial charge on any atom is -0.305 e. The number of anilines is 1. The summed E-state index contributed by atoms with van der Waals surface area (Å²) in [4.78, 5) is 14.3. The first-order valence-corrected chi connectivity index (χ1v) is 9.77. The smallest absolute Gasteiger partial charge is 0.258 e. The van der Waals surface area contributed by atoms with Crippen molar-refractivity contribution in [2.24, 2.45) is 0 Å². The molecule has 0 saturated heterocycles. The molecule has 0 spiro atoms. The second-order valence-electron chi connectivity index (χ2n) is 6.08. The Morgan fingerprint density at radius 3 is 2.71 bits per heavy atom. The summed E-state index contributed by atoms with van der Waals surface area (Å²) in [5.74, 6) is -0.844. The van der Waals surface area contributed by atoms with Crippen LogP contribution in [0.4, 0.5) is 10.1 Å². The second kappa shape index (κ2) is 6.36. The van der Waals surface area contributed by atoms with Gasteiger partial charge in [-0.15, -0.1) is 0 Å². The molecule has 2 aromatic rings. The first-order chi connectivity index (χ1) is 11.3. The summed E-state index contributed by atoms with van der Waals surface area (Å²) in [6.45, 7) is 0.447. The third-order valence-corrected chi connectivity index (χ3v) is 4.87. The molecule has 24 heavy (non-hydrogen) atoms. The molecule has 126 valence electrons. The maximum absolute atomic E-state index is 14.2. The predicted octanol–water partition coefficient (Wildman–Crippen LogP) is 2.96. The molecule has 1 heterocycles. The molecule has 0 fully saturated rings. The van der Waals surface area contributed by atoms with E-state index < -0.39 is 15.7 Å². The number of aryl methyl sites for hydroxylation is 1. The lowest BCUT2D eigenvalue weighted by Crippen LogP contribution is -2.36. The van der Waals surface area contributed by atoms with Gasteiger partial charge in [0.05, 0.1) is 11.4 Å². The molecule has 0 saturated carbocycles. The maximum Gasteiger partial charge on any atom is 0.258 e. The Morgan fingerprint density at radius 2 is 1.96 bits per heavy atom. The summed E-state index contributed by atoms with van der Waals surface area (Å²) in [5.41, 5.74) is 2.07. The van der Waals surface area contributed by atoms with E-state index in [1.165, 1.54) is 11.0 Å². The minimum atomic E-state index is -3.18. The van der Waals surface area contributed by atoms with Crippen LogP contribution in [-0.2, 0) is 22.0 Å². The average Bonchev–Trinajstić information content (AvgIpc) is 2.52. The number of hydrogen-bond donors (Lipinski definition) is 0. The SMILES string of the molecule is CS(=O)(=O)Cc1cccc(C(=O)N2CCCc3cccc(F)c32)c1. The van der Waals surface area contributed by atoms with Gasteiger partial charge >= 0.3 is 0 Å². The molecule has 2 aromatic carbocycles. The third kappa shape index (κ3) is 3.48. The van der Waals surface area contributed by atoms with Crippen LogP contribution in [0.1, 0.15) is 27.9 Å². The first-order valence-electron chi connectivity index (χ1n) is 7.71. The van der Waals surface area contributed by atoms with Crippen molar-refractivity contribution in [2.45, 2.75) is 18.6 Å². The fourth-order valence-electron chi connectivity index (χ4n) is 3.06. The highest BCUT2D eigenvalue weighted by atomic mass is 32.2. The highest BCUT2D eigenvalue weighted by Crippen LogP contribution is 2.31. The highest BCUT2D eigenvalue weighted by Gasteiger charge is 2.26. The fourth-order valence-corrected chi connectivity index (χ4v) is 3.84. The largest absolute Gasteiger partial charge is 0.305 e. The average molecular weight is 347 g/mol. The maximum atomic E-state index is 14.2. The van der Waals surface area contributed by atoms with Crippen LogP contribution in [0.3, 0.4) is 0 Å². The van der Waals surface area contributed by atoms with E-state index in [0.717, 1.165) is 24.7 Å². The zero-order chi connectivity index (χ0) is 17.3. The van der Waals surface area contributed by atoms with Gasteiger partial charge in [-0.3, -0.25) is 4.79 Å². The van der Waals surface area contributed by atoms with E-state index in [4.69, 9.17) is 0 Å². The molecule has 0 aliphatic carbocycles. The van der Waals surface area contributed by atoms with Crippen molar-refractivity contribution in [1.29, 1.82) is 0 Å². The van der Waals surface area contributed by atoms with Gasteiger partial charge in [-0.05, 0) is 42.2 Å². The van der Waals surface area contributed by atoms with Crippen LogP contribution in [0.25, 0.3) is 0 Å². The van der Waals surface area contributed by atoms with Gasteiger partial charge < -0.3 is 4.90 Å². The Balaban J connectivity index is 1.95. The first kappa shape index (κ1) is 16.6. The van der Waals surface area contributed by atoms with Crippen LogP contribution in [0, 0.1) is 5.82 Å². The monoisotopic (exact) mass is 347 g/mol. The van der Waals surface area contributed by atoms with Crippen molar-refractivity contribution in [3.63, 3.8) is 0 Å². The molecule has 1 aliphatic rings. The van der Waals surface area contributed by atoms with Gasteiger partial charge in [0.1, 0.15) is 5.82 Å². The van der Waals surface area contributed by atoms with E-state index in [9.17, 15) is 17.6 Å². The molecule has 0 radical (unpaired) electrons. The van der Waals surface area contributed by atoms with Gasteiger partial charge in [0.15, 0.2) is 9.84 Å². The zero-order valence-electron chi connectivity index (χ0n) is 13.3. The van der Waals surface area contributed by atoms with Crippen LogP contribution in [-0.4, -0.2) is 27.1 Å². The van der Waals surface area contributed by atoms with Gasteiger partial charge in [0.25, 0.3) is 5.91 Å². The van der Waals surface area contributed by atoms with Crippen molar-refractivity contribution in [1.82, 2.24) is 0 Å². The third-order valence-electron chi connectivity index (χ3n) is 4.02. The van der Waals surface area contributed by atoms with E-state index in [2.05, 4.69) is 0 Å². The van der Waals surface area contributed by atoms with E-state index in [0.29, 0.717) is 23.4 Å². The summed E-state index contributed by atoms with van der Waals surface area (Å²) >= 11 is 0. The standard InChI is InChI=1S/C18H18FNO3S/c1-24(22,23)12-13-5-2-7-15(11-13)18(21)20-10-4-8-14-6-3-9-16(19)17(14)20/h2-3,5-7,9,11H,4,8,10,12H2,1H3. The normalized spacial score (nSPS) is 14.3. The van der Waals surface area contributed by atoms with Gasteiger partial charge in [0.2, 0.25) is 0 Å². The zero-order valence-corrected chi connectivity index (χ0v) is 14.1. The number of halogens is 1. The van der Waals surface area contributed by atoms with Crippen LogP contribution in [0.2, 0.25) is 0 Å². The Hall–Kier alpha value is -2.21. The number of amides is 1. The summed E-state index contributed by atoms with van der Waals surface area (Å²) in [7, 11) is -3.18. The Kier molecular flexibility index (Phi) is 4.41. The quantitative estimate of drug-likeness (QED) is 0.858. The Labute approximate surface area is 140 Å². The number of sulfone groups is 1. The van der Waals surface area contributed by atoms with Crippen LogP contribution in [0.15, 0.2) is 42.5 Å². The topological polar surface area (TPSA) is 54.5 Å². The highest BCUT2D eigenvalue weighted by molar-refractivity contribution is 7.89. The van der Waals surface area contributed by atoms with Crippen LogP contribution >= 0.6 is 0 Å². The number of rotatable bonds is 3. The van der Waals surface area contributed by atoms with E-state index in [1.54, 1.807) is 30.3 Å². The number of carbonyl (C=O) groups is 1. The van der Waals surface area contributed by atoms with E-state index in [-0.39, 0.29) is 11.7 Å². The molecule has 0 unspecified atom stereocenters. The van der Waals surface area contributed by atoms with Crippen molar-refractivity contribution in [3.8, 4) is 0 Å². The molecule has 0 aromatic heterocycles. The molecule has 6 heteroatoms. The summed E-state index contributed by atoms with van der Waals surface area (Å²) < 4.78 is 37.1. The van der Waals surface area contributed by atoms with Crippen molar-refractivity contribution in [2.75, 3.05) is 17.7 Å². The predicted molar refractivity (Wildman–Crippen MR) is 91.4 cm³/mol. The lowest BCUT2D eigenvalue weighted by molar-refractivity contribution is 0.0984. The van der Waals surface area contributed by atoms with Gasteiger partial charge in [-0.2, -0.15) is 0 Å². The molecule has 3 rings (SSSR count). The molecular formula is C18H18FNO3S. The summed E-state index contributed by atoms with van der Waals surface area (Å²) in [5, 5.41) is 0. The van der Waals surface area contributed by atoms with E-state index in [1.807, 2.05) is 6.07 Å². The molecule has 4 nitrogen and oxygen atoms in total. The molecule has 0 atom stereocenters. The molecule has 1 aliphatic heterocycles. The molecule has 1 amide bonds. The lowest BCUT2D eigenvalue weighted by atomic mass is 10.00. The van der Waals surface area contributed by atoms with Crippen molar-refractivity contribution in [3.05, 3.63) is 65.0 Å². The summed E-state index contributed by atoms with van der Waals surface area (Å²) in [6.07, 6.45) is 2.66. The van der Waals surface area contributed by atoms with Gasteiger partial charge in [-0.25, -0.2) is 12.8 Å². The number of benzene rings is 2. The lowest BCUT2D eigenvalue weighted by Gasteiger charge is -2.30. The van der Waals surface area contributed by atoms with E-state index >= 15 is 0 Å². The van der Waals surface area contributed by atoms with Crippen molar-refractivity contribution >= 4 is 21.4 Å². The summed E-state index contributed by atoms with van der Waals surface area (Å²) in [6, 6.07) is 11.3. The van der Waals surface area contributed by atoms with Gasteiger partial charge in [-0.1, -0.05) is 24.3 Å². The minimum absolute atomic E-state index is 0.126. The van der Waals surface area contributed by atoms with Crippen LogP contribution < -0.4 is 4.90 Å². The van der Waals surface area contributed by atoms with Crippen LogP contribution in [0.5, 0.6) is 0 Å². The molecule has 0 N–H and O–H groups in total. The molecule has 0 bridgehead atoms. The van der Waals surface area contributed by atoms with Gasteiger partial charge in [0, 0.05) is 18.4 Å². The Morgan fingerprint density at radius 1 is 1.21 bits per heavy atom. The number of fused-ring (bicyclic) bond motifs is 1. The number of nitrogens with zero attached hydrogens (tertiary/aromatic N) is 1. The molecular weight excluding hydrogens is 329 g/mol.